The van der Waals surface area contributed by atoms with Crippen LogP contribution in [0.3, 0.4) is 0 Å². The van der Waals surface area contributed by atoms with Crippen molar-refractivity contribution in [3.63, 3.8) is 0 Å². The van der Waals surface area contributed by atoms with E-state index in [0.29, 0.717) is 16.9 Å². The molecule has 1 amide bonds. The maximum absolute atomic E-state index is 13.2. The van der Waals surface area contributed by atoms with E-state index in [9.17, 15) is 26.4 Å². The van der Waals surface area contributed by atoms with E-state index in [4.69, 9.17) is 0 Å². The van der Waals surface area contributed by atoms with Crippen LogP contribution >= 0.6 is 11.3 Å². The fraction of sp³-hybridized carbons (Fsp3) is 0.444. The summed E-state index contributed by atoms with van der Waals surface area (Å²) in [4.78, 5) is 16.6. The van der Waals surface area contributed by atoms with Gasteiger partial charge in [0, 0.05) is 18.5 Å². The van der Waals surface area contributed by atoms with Crippen LogP contribution in [0.5, 0.6) is 0 Å². The molecule has 0 unspecified atom stereocenters. The number of sulfonamides is 1. The molecule has 0 saturated carbocycles. The number of benzene rings is 1. The number of nitrogens with one attached hydrogen (secondary N) is 1. The Morgan fingerprint density at radius 1 is 1.24 bits per heavy atom. The van der Waals surface area contributed by atoms with Gasteiger partial charge in [-0.05, 0) is 25.3 Å². The van der Waals surface area contributed by atoms with E-state index in [1.165, 1.54) is 4.31 Å². The second-order valence-corrected chi connectivity index (χ2v) is 9.85. The van der Waals surface area contributed by atoms with Crippen molar-refractivity contribution in [2.75, 3.05) is 24.2 Å². The number of piperidine rings is 1. The molecular weight excluding hydrogens is 427 g/mol. The molecule has 2 aromatic rings. The molecule has 0 atom stereocenters. The first kappa shape index (κ1) is 21.7. The highest BCUT2D eigenvalue weighted by atomic mass is 32.2. The Bertz CT molecular complexity index is 967. The largest absolute Gasteiger partial charge is 0.434 e. The Hall–Kier alpha value is -1.98. The van der Waals surface area contributed by atoms with Gasteiger partial charge in [0.2, 0.25) is 15.9 Å². The molecule has 1 aromatic carbocycles. The fourth-order valence-corrected chi connectivity index (χ4v) is 5.23. The fourth-order valence-electron chi connectivity index (χ4n) is 3.41. The summed E-state index contributed by atoms with van der Waals surface area (Å²) < 4.78 is 64.1. The molecule has 3 rings (SSSR count). The zero-order chi connectivity index (χ0) is 21.3. The lowest BCUT2D eigenvalue weighted by Gasteiger charge is -2.40. The summed E-state index contributed by atoms with van der Waals surface area (Å²) in [5.41, 5.74) is -1.42. The van der Waals surface area contributed by atoms with Gasteiger partial charge in [-0.25, -0.2) is 17.7 Å². The topological polar surface area (TPSA) is 79.4 Å². The van der Waals surface area contributed by atoms with Gasteiger partial charge in [0.05, 0.1) is 11.2 Å². The molecule has 2 heterocycles. The Morgan fingerprint density at radius 2 is 1.86 bits per heavy atom. The molecule has 158 valence electrons. The van der Waals surface area contributed by atoms with Crippen LogP contribution in [0, 0.1) is 0 Å². The van der Waals surface area contributed by atoms with E-state index in [0.717, 1.165) is 5.38 Å². The first-order chi connectivity index (χ1) is 13.6. The van der Waals surface area contributed by atoms with Crippen LogP contribution < -0.4 is 5.32 Å². The molecule has 29 heavy (non-hydrogen) atoms. The smallest absolute Gasteiger partial charge is 0.301 e. The Kier molecular flexibility index (Phi) is 6.02. The monoisotopic (exact) mass is 447 g/mol. The number of carbonyl (C=O) groups excluding carboxylic acids is 1. The number of aromatic nitrogens is 1. The summed E-state index contributed by atoms with van der Waals surface area (Å²) in [7, 11) is -3.38. The minimum absolute atomic E-state index is 0.0309. The molecule has 0 spiro atoms. The van der Waals surface area contributed by atoms with Crippen LogP contribution in [-0.2, 0) is 26.4 Å². The zero-order valence-corrected chi connectivity index (χ0v) is 17.2. The average molecular weight is 448 g/mol. The molecule has 6 nitrogen and oxygen atoms in total. The van der Waals surface area contributed by atoms with Crippen molar-refractivity contribution in [2.24, 2.45) is 0 Å². The molecule has 0 aliphatic carbocycles. The summed E-state index contributed by atoms with van der Waals surface area (Å²) in [5.74, 6) is -0.517. The summed E-state index contributed by atoms with van der Waals surface area (Å²) >= 11 is 0.702. The maximum atomic E-state index is 13.2. The van der Waals surface area contributed by atoms with Crippen molar-refractivity contribution in [3.8, 4) is 0 Å². The van der Waals surface area contributed by atoms with E-state index in [1.54, 1.807) is 37.3 Å². The maximum Gasteiger partial charge on any atom is 0.434 e. The van der Waals surface area contributed by atoms with Gasteiger partial charge in [-0.15, -0.1) is 11.3 Å². The van der Waals surface area contributed by atoms with Gasteiger partial charge >= 0.3 is 6.18 Å². The Morgan fingerprint density at radius 3 is 2.38 bits per heavy atom. The van der Waals surface area contributed by atoms with Gasteiger partial charge in [-0.1, -0.05) is 30.3 Å². The van der Waals surface area contributed by atoms with Crippen LogP contribution in [0.4, 0.5) is 18.3 Å². The van der Waals surface area contributed by atoms with Crippen LogP contribution in [-0.4, -0.2) is 42.5 Å². The molecule has 0 radical (unpaired) electrons. The highest BCUT2D eigenvalue weighted by Crippen LogP contribution is 2.38. The van der Waals surface area contributed by atoms with Gasteiger partial charge in [0.15, 0.2) is 10.8 Å². The van der Waals surface area contributed by atoms with Crippen molar-refractivity contribution in [2.45, 2.75) is 31.4 Å². The second kappa shape index (κ2) is 8.04. The van der Waals surface area contributed by atoms with Crippen molar-refractivity contribution in [1.29, 1.82) is 0 Å². The molecule has 11 heteroatoms. The lowest BCUT2D eigenvalue weighted by atomic mass is 9.72. The first-order valence-corrected chi connectivity index (χ1v) is 11.4. The number of carbonyl (C=O) groups is 1. The third-order valence-corrected chi connectivity index (χ3v) is 7.75. The number of alkyl halides is 3. The summed E-state index contributed by atoms with van der Waals surface area (Å²) in [6, 6.07) is 8.87. The molecule has 1 aromatic heterocycles. The van der Waals surface area contributed by atoms with E-state index >= 15 is 0 Å². The van der Waals surface area contributed by atoms with E-state index < -0.39 is 33.2 Å². The lowest BCUT2D eigenvalue weighted by molar-refractivity contribution is -0.140. The summed E-state index contributed by atoms with van der Waals surface area (Å²) in [6.07, 6.45) is -4.14. The lowest BCUT2D eigenvalue weighted by Crippen LogP contribution is -2.51. The number of rotatable bonds is 5. The highest BCUT2D eigenvalue weighted by molar-refractivity contribution is 7.89. The van der Waals surface area contributed by atoms with Crippen molar-refractivity contribution in [1.82, 2.24) is 9.29 Å². The minimum Gasteiger partial charge on any atom is -0.301 e. The van der Waals surface area contributed by atoms with Gasteiger partial charge in [0.25, 0.3) is 0 Å². The van der Waals surface area contributed by atoms with E-state index in [1.807, 2.05) is 0 Å². The van der Waals surface area contributed by atoms with Crippen LogP contribution in [0.15, 0.2) is 35.7 Å². The van der Waals surface area contributed by atoms with Crippen molar-refractivity contribution >= 4 is 32.4 Å². The van der Waals surface area contributed by atoms with Crippen LogP contribution in [0.25, 0.3) is 0 Å². The molecular formula is C18H20F3N3O3S2. The summed E-state index contributed by atoms with van der Waals surface area (Å²) in [6.45, 7) is 1.87. The standard InChI is InChI=1S/C18H20F3N3O3S2/c1-2-29(26,27)24-10-8-17(9-11-24,13-6-4-3-5-7-13)15(25)23-16-22-14(12-28-16)18(19,20)21/h3-7,12H,2,8-11H2,1H3,(H,22,23,25). The Balaban J connectivity index is 1.87. The van der Waals surface area contributed by atoms with E-state index in [2.05, 4.69) is 10.3 Å². The first-order valence-electron chi connectivity index (χ1n) is 8.96. The molecule has 0 bridgehead atoms. The predicted octanol–water partition coefficient (Wildman–Crippen LogP) is 3.48. The van der Waals surface area contributed by atoms with Crippen molar-refractivity contribution < 1.29 is 26.4 Å². The van der Waals surface area contributed by atoms with Gasteiger partial charge in [-0.3, -0.25) is 4.79 Å². The molecule has 1 aliphatic heterocycles. The summed E-state index contributed by atoms with van der Waals surface area (Å²) in [5, 5.41) is 3.22. The van der Waals surface area contributed by atoms with Gasteiger partial charge in [-0.2, -0.15) is 13.2 Å². The van der Waals surface area contributed by atoms with E-state index in [-0.39, 0.29) is 36.8 Å². The number of amides is 1. The van der Waals surface area contributed by atoms with Gasteiger partial charge in [0.1, 0.15) is 0 Å². The van der Waals surface area contributed by atoms with Crippen LogP contribution in [0.2, 0.25) is 0 Å². The minimum atomic E-state index is -4.59. The second-order valence-electron chi connectivity index (χ2n) is 6.74. The highest BCUT2D eigenvalue weighted by Gasteiger charge is 2.45. The number of hydrogen-bond donors (Lipinski definition) is 1. The predicted molar refractivity (Wildman–Crippen MR) is 104 cm³/mol. The number of anilines is 1. The molecule has 1 saturated heterocycles. The number of nitrogens with zero attached hydrogens (tertiary/aromatic N) is 2. The number of hydrogen-bond acceptors (Lipinski definition) is 5. The normalized spacial score (nSPS) is 17.8. The van der Waals surface area contributed by atoms with Crippen LogP contribution in [0.1, 0.15) is 31.0 Å². The third-order valence-electron chi connectivity index (χ3n) is 5.11. The third kappa shape index (κ3) is 4.46. The molecule has 1 fully saturated rings. The van der Waals surface area contributed by atoms with Gasteiger partial charge < -0.3 is 5.32 Å². The number of halogens is 3. The molecule has 1 N–H and O–H groups in total. The SMILES string of the molecule is CCS(=O)(=O)N1CCC(C(=O)Nc2nc(C(F)(F)F)cs2)(c2ccccc2)CC1. The Labute approximate surface area is 170 Å². The van der Waals surface area contributed by atoms with Crippen molar-refractivity contribution in [3.05, 3.63) is 47.0 Å². The zero-order valence-electron chi connectivity index (χ0n) is 15.6. The average Bonchev–Trinajstić information content (AvgIpc) is 3.17. The quantitative estimate of drug-likeness (QED) is 0.761. The molecule has 1 aliphatic rings. The number of thiazole rings is 1.